The van der Waals surface area contributed by atoms with Gasteiger partial charge in [0.05, 0.1) is 11.6 Å². The van der Waals surface area contributed by atoms with Crippen LogP contribution in [0.3, 0.4) is 0 Å². The standard InChI is InChI=1S/C23H33N3O/c1-17(2)14-25-11-9-21(10-12-25)26-15-19(23(27)16-26)13-20-8-7-18-5-3-4-6-22(18)24-20/h3-8,17,19,21,23,27H,9-16H2,1-2H3/t19-,23-/m1/s1. The zero-order valence-corrected chi connectivity index (χ0v) is 16.7. The second-order valence-electron chi connectivity index (χ2n) is 8.91. The molecule has 1 aromatic heterocycles. The van der Waals surface area contributed by atoms with Gasteiger partial charge in [-0.25, -0.2) is 0 Å². The molecule has 0 spiro atoms. The highest BCUT2D eigenvalue weighted by Gasteiger charge is 2.36. The number of pyridine rings is 1. The number of likely N-dealkylation sites (tertiary alicyclic amines) is 2. The van der Waals surface area contributed by atoms with E-state index in [1.807, 2.05) is 6.07 Å². The third-order valence-corrected chi connectivity index (χ3v) is 6.26. The third kappa shape index (κ3) is 4.50. The second kappa shape index (κ2) is 8.26. The molecule has 0 bridgehead atoms. The fourth-order valence-electron chi connectivity index (χ4n) is 4.86. The second-order valence-corrected chi connectivity index (χ2v) is 8.91. The minimum absolute atomic E-state index is 0.230. The van der Waals surface area contributed by atoms with Crippen LogP contribution in [-0.2, 0) is 6.42 Å². The summed E-state index contributed by atoms with van der Waals surface area (Å²) >= 11 is 0. The average molecular weight is 368 g/mol. The fraction of sp³-hybridized carbons (Fsp3) is 0.609. The molecule has 27 heavy (non-hydrogen) atoms. The Morgan fingerprint density at radius 1 is 1.07 bits per heavy atom. The molecule has 4 rings (SSSR count). The SMILES string of the molecule is CC(C)CN1CCC(N2C[C@@H](Cc3ccc4ccccc4n3)[C@H](O)C2)CC1. The summed E-state index contributed by atoms with van der Waals surface area (Å²) in [6.07, 6.45) is 3.11. The van der Waals surface area contributed by atoms with Crippen LogP contribution in [-0.4, -0.2) is 64.8 Å². The van der Waals surface area contributed by atoms with Gasteiger partial charge in [0.2, 0.25) is 0 Å². The number of aliphatic hydroxyl groups is 1. The van der Waals surface area contributed by atoms with Crippen molar-refractivity contribution in [3.63, 3.8) is 0 Å². The molecule has 2 aromatic rings. The van der Waals surface area contributed by atoms with Gasteiger partial charge in [-0.05, 0) is 50.4 Å². The molecule has 0 unspecified atom stereocenters. The molecule has 2 aliphatic rings. The zero-order chi connectivity index (χ0) is 18.8. The quantitative estimate of drug-likeness (QED) is 0.881. The molecule has 2 fully saturated rings. The minimum Gasteiger partial charge on any atom is -0.391 e. The molecule has 0 saturated carbocycles. The maximum atomic E-state index is 10.7. The highest BCUT2D eigenvalue weighted by molar-refractivity contribution is 5.78. The van der Waals surface area contributed by atoms with Crippen LogP contribution < -0.4 is 0 Å². The van der Waals surface area contributed by atoms with Crippen LogP contribution in [0.2, 0.25) is 0 Å². The van der Waals surface area contributed by atoms with Gasteiger partial charge in [0.25, 0.3) is 0 Å². The molecule has 0 radical (unpaired) electrons. The van der Waals surface area contributed by atoms with Crippen LogP contribution in [0.4, 0.5) is 0 Å². The number of aromatic nitrogens is 1. The number of para-hydroxylation sites is 1. The highest BCUT2D eigenvalue weighted by atomic mass is 16.3. The van der Waals surface area contributed by atoms with Gasteiger partial charge < -0.3 is 10.0 Å². The van der Waals surface area contributed by atoms with Crippen LogP contribution in [0.1, 0.15) is 32.4 Å². The number of rotatable bonds is 5. The normalized spacial score (nSPS) is 25.6. The van der Waals surface area contributed by atoms with Gasteiger partial charge in [-0.15, -0.1) is 0 Å². The molecule has 2 aliphatic heterocycles. The monoisotopic (exact) mass is 367 g/mol. The summed E-state index contributed by atoms with van der Waals surface area (Å²) in [6, 6.07) is 13.2. The first-order valence-corrected chi connectivity index (χ1v) is 10.6. The molecular formula is C23H33N3O. The van der Waals surface area contributed by atoms with Gasteiger partial charge >= 0.3 is 0 Å². The van der Waals surface area contributed by atoms with Crippen LogP contribution in [0, 0.1) is 11.8 Å². The summed E-state index contributed by atoms with van der Waals surface area (Å²) < 4.78 is 0. The first-order valence-electron chi connectivity index (χ1n) is 10.6. The van der Waals surface area contributed by atoms with E-state index in [2.05, 4.69) is 54.0 Å². The predicted molar refractivity (Wildman–Crippen MR) is 111 cm³/mol. The summed E-state index contributed by atoms with van der Waals surface area (Å²) in [4.78, 5) is 9.96. The lowest BCUT2D eigenvalue weighted by molar-refractivity contribution is 0.102. The van der Waals surface area contributed by atoms with Crippen molar-refractivity contribution in [3.05, 3.63) is 42.1 Å². The number of nitrogens with zero attached hydrogens (tertiary/aromatic N) is 3. The summed E-state index contributed by atoms with van der Waals surface area (Å²) in [6.45, 7) is 10.0. The minimum atomic E-state index is -0.230. The molecule has 2 atom stereocenters. The number of β-amino-alcohol motifs (C(OH)–C–C–N with tert-alkyl or cyclic N) is 1. The molecule has 0 aliphatic carbocycles. The van der Waals surface area contributed by atoms with Crippen LogP contribution in [0.15, 0.2) is 36.4 Å². The number of fused-ring (bicyclic) bond motifs is 1. The van der Waals surface area contributed by atoms with Gasteiger partial charge in [0.15, 0.2) is 0 Å². The molecule has 4 nitrogen and oxygen atoms in total. The number of hydrogen-bond acceptors (Lipinski definition) is 4. The Labute approximate surface area is 163 Å². The lowest BCUT2D eigenvalue weighted by Crippen LogP contribution is -2.45. The van der Waals surface area contributed by atoms with Gasteiger partial charge in [0.1, 0.15) is 0 Å². The van der Waals surface area contributed by atoms with E-state index in [9.17, 15) is 5.11 Å². The fourth-order valence-corrected chi connectivity index (χ4v) is 4.86. The summed E-state index contributed by atoms with van der Waals surface area (Å²) in [5.41, 5.74) is 2.16. The van der Waals surface area contributed by atoms with E-state index in [1.54, 1.807) is 0 Å². The lowest BCUT2D eigenvalue weighted by Gasteiger charge is -2.37. The molecule has 2 saturated heterocycles. The predicted octanol–water partition coefficient (Wildman–Crippen LogP) is 3.19. The Bertz CT molecular complexity index is 754. The Kier molecular flexibility index (Phi) is 5.76. The van der Waals surface area contributed by atoms with Gasteiger partial charge in [-0.2, -0.15) is 0 Å². The third-order valence-electron chi connectivity index (χ3n) is 6.26. The van der Waals surface area contributed by atoms with E-state index in [4.69, 9.17) is 4.98 Å². The topological polar surface area (TPSA) is 39.6 Å². The summed E-state index contributed by atoms with van der Waals surface area (Å²) in [5, 5.41) is 11.8. The average Bonchev–Trinajstić information content (AvgIpc) is 3.02. The molecular weight excluding hydrogens is 334 g/mol. The molecule has 1 N–H and O–H groups in total. The van der Waals surface area contributed by atoms with E-state index in [0.717, 1.165) is 36.6 Å². The Hall–Kier alpha value is -1.49. The number of piperidine rings is 1. The van der Waals surface area contributed by atoms with Crippen LogP contribution >= 0.6 is 0 Å². The maximum Gasteiger partial charge on any atom is 0.0711 e. The van der Waals surface area contributed by atoms with Crippen molar-refractivity contribution in [1.82, 2.24) is 14.8 Å². The van der Waals surface area contributed by atoms with E-state index < -0.39 is 0 Å². The van der Waals surface area contributed by atoms with Gasteiger partial charge in [-0.1, -0.05) is 38.1 Å². The zero-order valence-electron chi connectivity index (χ0n) is 16.7. The van der Waals surface area contributed by atoms with E-state index in [-0.39, 0.29) is 6.10 Å². The van der Waals surface area contributed by atoms with E-state index in [1.165, 1.54) is 37.9 Å². The van der Waals surface area contributed by atoms with Crippen molar-refractivity contribution in [2.45, 2.75) is 45.3 Å². The number of aliphatic hydroxyl groups excluding tert-OH is 1. The first kappa shape index (κ1) is 18.9. The molecule has 0 amide bonds. The maximum absolute atomic E-state index is 10.7. The van der Waals surface area contributed by atoms with Crippen molar-refractivity contribution in [2.24, 2.45) is 11.8 Å². The highest BCUT2D eigenvalue weighted by Crippen LogP contribution is 2.27. The summed E-state index contributed by atoms with van der Waals surface area (Å²) in [5.74, 6) is 1.04. The van der Waals surface area contributed by atoms with E-state index >= 15 is 0 Å². The molecule has 3 heterocycles. The van der Waals surface area contributed by atoms with Gasteiger partial charge in [0, 0.05) is 42.7 Å². The Morgan fingerprint density at radius 2 is 1.85 bits per heavy atom. The number of hydrogen-bond donors (Lipinski definition) is 1. The lowest BCUT2D eigenvalue weighted by atomic mass is 9.99. The van der Waals surface area contributed by atoms with Crippen molar-refractivity contribution in [2.75, 3.05) is 32.7 Å². The van der Waals surface area contributed by atoms with Crippen molar-refractivity contribution in [1.29, 1.82) is 0 Å². The first-order chi connectivity index (χ1) is 13.1. The Balaban J connectivity index is 1.34. The smallest absolute Gasteiger partial charge is 0.0711 e. The van der Waals surface area contributed by atoms with Crippen LogP contribution in [0.5, 0.6) is 0 Å². The van der Waals surface area contributed by atoms with E-state index in [0.29, 0.717) is 12.0 Å². The van der Waals surface area contributed by atoms with Crippen molar-refractivity contribution >= 4 is 10.9 Å². The molecule has 4 heteroatoms. The number of benzene rings is 1. The molecule has 1 aromatic carbocycles. The Morgan fingerprint density at radius 3 is 2.63 bits per heavy atom. The van der Waals surface area contributed by atoms with Crippen molar-refractivity contribution < 1.29 is 5.11 Å². The van der Waals surface area contributed by atoms with Crippen LogP contribution in [0.25, 0.3) is 10.9 Å². The largest absolute Gasteiger partial charge is 0.391 e. The van der Waals surface area contributed by atoms with Gasteiger partial charge in [-0.3, -0.25) is 9.88 Å². The molecule has 146 valence electrons. The van der Waals surface area contributed by atoms with Crippen molar-refractivity contribution in [3.8, 4) is 0 Å². The summed E-state index contributed by atoms with van der Waals surface area (Å²) in [7, 11) is 0.